The fourth-order valence-corrected chi connectivity index (χ4v) is 2.11. The molecule has 2 atom stereocenters. The minimum absolute atomic E-state index is 0.109. The van der Waals surface area contributed by atoms with E-state index in [4.69, 9.17) is 5.11 Å². The Morgan fingerprint density at radius 1 is 1.43 bits per heavy atom. The zero-order chi connectivity index (χ0) is 15.7. The van der Waals surface area contributed by atoms with Crippen molar-refractivity contribution < 1.29 is 15.0 Å². The number of carboxylic acids is 1. The van der Waals surface area contributed by atoms with Gasteiger partial charge in [0.1, 0.15) is 11.6 Å². The minimum Gasteiger partial charge on any atom is -0.480 e. The molecule has 114 valence electrons. The summed E-state index contributed by atoms with van der Waals surface area (Å²) in [6, 6.07) is 8.69. The SMILES string of the molecule is CSCC[C@@H](NC[C@](C)(O)C#Cc1ccccc1)C(=O)O. The van der Waals surface area contributed by atoms with Crippen LogP contribution in [-0.2, 0) is 4.79 Å². The summed E-state index contributed by atoms with van der Waals surface area (Å²) in [7, 11) is 0. The average molecular weight is 307 g/mol. The smallest absolute Gasteiger partial charge is 0.320 e. The third kappa shape index (κ3) is 7.19. The van der Waals surface area contributed by atoms with Gasteiger partial charge in [0.25, 0.3) is 0 Å². The minimum atomic E-state index is -1.27. The number of rotatable bonds is 7. The van der Waals surface area contributed by atoms with E-state index in [1.807, 2.05) is 36.6 Å². The van der Waals surface area contributed by atoms with Gasteiger partial charge in [0.2, 0.25) is 0 Å². The lowest BCUT2D eigenvalue weighted by Crippen LogP contribution is -2.45. The Balaban J connectivity index is 2.59. The van der Waals surface area contributed by atoms with Gasteiger partial charge < -0.3 is 15.5 Å². The molecule has 1 rings (SSSR count). The van der Waals surface area contributed by atoms with Crippen molar-refractivity contribution in [3.8, 4) is 11.8 Å². The van der Waals surface area contributed by atoms with Gasteiger partial charge in [-0.1, -0.05) is 30.0 Å². The molecule has 0 aliphatic rings. The van der Waals surface area contributed by atoms with Crippen molar-refractivity contribution in [2.24, 2.45) is 0 Å². The summed E-state index contributed by atoms with van der Waals surface area (Å²) in [5, 5.41) is 22.2. The standard InChI is InChI=1S/C16H21NO3S/c1-16(20,10-8-13-6-4-3-5-7-13)12-17-14(15(18)19)9-11-21-2/h3-7,14,17,20H,9,11-12H2,1-2H3,(H,18,19)/t14-,16-/m1/s1. The van der Waals surface area contributed by atoms with E-state index in [1.165, 1.54) is 0 Å². The number of hydrogen-bond acceptors (Lipinski definition) is 4. The van der Waals surface area contributed by atoms with E-state index in [9.17, 15) is 9.90 Å². The van der Waals surface area contributed by atoms with Crippen LogP contribution in [0.3, 0.4) is 0 Å². The van der Waals surface area contributed by atoms with E-state index >= 15 is 0 Å². The number of aliphatic carboxylic acids is 1. The molecule has 0 amide bonds. The van der Waals surface area contributed by atoms with Crippen molar-refractivity contribution in [2.75, 3.05) is 18.6 Å². The fourth-order valence-electron chi connectivity index (χ4n) is 1.64. The Morgan fingerprint density at radius 2 is 2.10 bits per heavy atom. The van der Waals surface area contributed by atoms with Crippen LogP contribution in [0.4, 0.5) is 0 Å². The van der Waals surface area contributed by atoms with Gasteiger partial charge in [-0.2, -0.15) is 11.8 Å². The zero-order valence-corrected chi connectivity index (χ0v) is 13.1. The van der Waals surface area contributed by atoms with Crippen LogP contribution in [0.2, 0.25) is 0 Å². The van der Waals surface area contributed by atoms with Crippen LogP contribution in [-0.4, -0.2) is 46.4 Å². The summed E-state index contributed by atoms with van der Waals surface area (Å²) >= 11 is 1.59. The van der Waals surface area contributed by atoms with E-state index < -0.39 is 17.6 Å². The Kier molecular flexibility index (Phi) is 7.30. The molecule has 21 heavy (non-hydrogen) atoms. The molecule has 0 saturated carbocycles. The Morgan fingerprint density at radius 3 is 2.67 bits per heavy atom. The molecule has 0 bridgehead atoms. The highest BCUT2D eigenvalue weighted by Crippen LogP contribution is 2.05. The van der Waals surface area contributed by atoms with Gasteiger partial charge in [-0.3, -0.25) is 4.79 Å². The summed E-state index contributed by atoms with van der Waals surface area (Å²) in [5.41, 5.74) is -0.460. The molecule has 0 unspecified atom stereocenters. The van der Waals surface area contributed by atoms with Gasteiger partial charge in [0, 0.05) is 12.1 Å². The predicted octanol–water partition coefficient (Wildman–Crippen LogP) is 1.58. The summed E-state index contributed by atoms with van der Waals surface area (Å²) in [5.74, 6) is 5.51. The number of carboxylic acid groups (broad SMARTS) is 1. The van der Waals surface area contributed by atoms with Crippen molar-refractivity contribution in [1.29, 1.82) is 0 Å². The third-order valence-electron chi connectivity index (χ3n) is 2.85. The molecule has 5 heteroatoms. The molecule has 4 nitrogen and oxygen atoms in total. The van der Waals surface area contributed by atoms with Crippen molar-refractivity contribution in [1.82, 2.24) is 5.32 Å². The second-order valence-electron chi connectivity index (χ2n) is 4.94. The highest BCUT2D eigenvalue weighted by atomic mass is 32.2. The molecule has 1 aromatic rings. The number of carbonyl (C=O) groups is 1. The lowest BCUT2D eigenvalue weighted by molar-refractivity contribution is -0.139. The first-order chi connectivity index (χ1) is 9.94. The second-order valence-corrected chi connectivity index (χ2v) is 5.93. The number of aliphatic hydroxyl groups is 1. The van der Waals surface area contributed by atoms with Gasteiger partial charge in [-0.15, -0.1) is 0 Å². The van der Waals surface area contributed by atoms with Crippen LogP contribution >= 0.6 is 11.8 Å². The van der Waals surface area contributed by atoms with Crippen LogP contribution < -0.4 is 5.32 Å². The second kappa shape index (κ2) is 8.73. The maximum Gasteiger partial charge on any atom is 0.320 e. The molecular weight excluding hydrogens is 286 g/mol. The first kappa shape index (κ1) is 17.6. The lowest BCUT2D eigenvalue weighted by atomic mass is 10.1. The maximum absolute atomic E-state index is 11.1. The van der Waals surface area contributed by atoms with Gasteiger partial charge in [-0.05, 0) is 37.5 Å². The summed E-state index contributed by atoms with van der Waals surface area (Å²) < 4.78 is 0. The Labute approximate surface area is 130 Å². The summed E-state index contributed by atoms with van der Waals surface area (Å²) in [4.78, 5) is 11.1. The Bertz CT molecular complexity index is 505. The van der Waals surface area contributed by atoms with Crippen LogP contribution in [0.1, 0.15) is 18.9 Å². The topological polar surface area (TPSA) is 69.6 Å². The molecular formula is C16H21NO3S. The molecule has 0 aliphatic carbocycles. The first-order valence-corrected chi connectivity index (χ1v) is 8.10. The fraction of sp³-hybridized carbons (Fsp3) is 0.438. The van der Waals surface area contributed by atoms with E-state index in [-0.39, 0.29) is 6.54 Å². The molecule has 0 aliphatic heterocycles. The Hall–Kier alpha value is -1.48. The average Bonchev–Trinajstić information content (AvgIpc) is 2.46. The van der Waals surface area contributed by atoms with E-state index in [1.54, 1.807) is 18.7 Å². The normalized spacial score (nSPS) is 14.6. The van der Waals surface area contributed by atoms with Gasteiger partial charge in [-0.25, -0.2) is 0 Å². The molecule has 0 heterocycles. The number of nitrogens with one attached hydrogen (secondary N) is 1. The predicted molar refractivity (Wildman–Crippen MR) is 86.4 cm³/mol. The molecule has 0 fully saturated rings. The highest BCUT2D eigenvalue weighted by Gasteiger charge is 2.22. The lowest BCUT2D eigenvalue weighted by Gasteiger charge is -2.21. The van der Waals surface area contributed by atoms with Crippen molar-refractivity contribution in [3.63, 3.8) is 0 Å². The number of benzene rings is 1. The molecule has 0 aromatic heterocycles. The summed E-state index contributed by atoms with van der Waals surface area (Å²) in [6.45, 7) is 1.68. The van der Waals surface area contributed by atoms with Crippen LogP contribution in [0.5, 0.6) is 0 Å². The number of thioether (sulfide) groups is 1. The molecule has 1 aromatic carbocycles. The van der Waals surface area contributed by atoms with E-state index in [2.05, 4.69) is 17.2 Å². The van der Waals surface area contributed by atoms with Gasteiger partial charge in [0.15, 0.2) is 0 Å². The van der Waals surface area contributed by atoms with Crippen molar-refractivity contribution in [3.05, 3.63) is 35.9 Å². The van der Waals surface area contributed by atoms with Crippen molar-refractivity contribution >= 4 is 17.7 Å². The molecule has 0 saturated heterocycles. The van der Waals surface area contributed by atoms with Crippen LogP contribution in [0.15, 0.2) is 30.3 Å². The van der Waals surface area contributed by atoms with E-state index in [0.717, 1.165) is 11.3 Å². The van der Waals surface area contributed by atoms with Crippen molar-refractivity contribution in [2.45, 2.75) is 25.0 Å². The summed E-state index contributed by atoms with van der Waals surface area (Å²) in [6.07, 6.45) is 2.44. The molecule has 0 spiro atoms. The highest BCUT2D eigenvalue weighted by molar-refractivity contribution is 7.98. The van der Waals surface area contributed by atoms with Crippen LogP contribution in [0, 0.1) is 11.8 Å². The largest absolute Gasteiger partial charge is 0.480 e. The quantitative estimate of drug-likeness (QED) is 0.667. The van der Waals surface area contributed by atoms with E-state index in [0.29, 0.717) is 6.42 Å². The maximum atomic E-state index is 11.1. The zero-order valence-electron chi connectivity index (χ0n) is 12.3. The molecule has 0 radical (unpaired) electrons. The van der Waals surface area contributed by atoms with Gasteiger partial charge in [0.05, 0.1) is 0 Å². The monoisotopic (exact) mass is 307 g/mol. The first-order valence-electron chi connectivity index (χ1n) is 6.70. The number of hydrogen-bond donors (Lipinski definition) is 3. The third-order valence-corrected chi connectivity index (χ3v) is 3.50. The van der Waals surface area contributed by atoms with Crippen LogP contribution in [0.25, 0.3) is 0 Å². The van der Waals surface area contributed by atoms with Gasteiger partial charge >= 0.3 is 5.97 Å². The molecule has 3 N–H and O–H groups in total.